The average Bonchev–Trinajstić information content (AvgIpc) is 2.56. The molecule has 0 unspecified atom stereocenters. The zero-order valence-corrected chi connectivity index (χ0v) is 15.1. The largest absolute Gasteiger partial charge is 0.339 e. The highest BCUT2D eigenvalue weighted by Gasteiger charge is 2.18. The Bertz CT molecular complexity index is 685. The van der Waals surface area contributed by atoms with E-state index in [0.29, 0.717) is 24.6 Å². The molecule has 0 bridgehead atoms. The number of benzene rings is 1. The van der Waals surface area contributed by atoms with E-state index < -0.39 is 0 Å². The number of para-hydroxylation sites is 1. The molecule has 2 aromatic rings. The van der Waals surface area contributed by atoms with E-state index in [-0.39, 0.29) is 11.3 Å². The van der Waals surface area contributed by atoms with Crippen molar-refractivity contribution in [3.8, 4) is 0 Å². The highest BCUT2D eigenvalue weighted by Crippen LogP contribution is 2.30. The Morgan fingerprint density at radius 1 is 1.08 bits per heavy atom. The van der Waals surface area contributed by atoms with E-state index in [2.05, 4.69) is 42.1 Å². The SMILES string of the molecule is CCN(CC)C(=O)c1cnc(Nc2ccccc2C(C)(C)C)nc1. The molecule has 128 valence electrons. The number of carbonyl (C=O) groups excluding carboxylic acids is 1. The standard InChI is InChI=1S/C19H26N4O/c1-6-23(7-2)17(24)14-12-20-18(21-13-14)22-16-11-9-8-10-15(16)19(3,4)5/h8-13H,6-7H2,1-5H3,(H,20,21,22). The summed E-state index contributed by atoms with van der Waals surface area (Å²) in [7, 11) is 0. The van der Waals surface area contributed by atoms with E-state index in [9.17, 15) is 4.79 Å². The van der Waals surface area contributed by atoms with Gasteiger partial charge in [0.05, 0.1) is 5.56 Å². The molecule has 0 aliphatic heterocycles. The monoisotopic (exact) mass is 326 g/mol. The van der Waals surface area contributed by atoms with Crippen molar-refractivity contribution >= 4 is 17.5 Å². The van der Waals surface area contributed by atoms with Crippen molar-refractivity contribution in [3.63, 3.8) is 0 Å². The van der Waals surface area contributed by atoms with Crippen LogP contribution in [-0.2, 0) is 5.41 Å². The van der Waals surface area contributed by atoms with Crippen LogP contribution in [0.2, 0.25) is 0 Å². The predicted molar refractivity (Wildman–Crippen MR) is 97.7 cm³/mol. The molecule has 0 aliphatic carbocycles. The molecule has 0 atom stereocenters. The summed E-state index contributed by atoms with van der Waals surface area (Å²) in [5, 5.41) is 3.26. The first-order chi connectivity index (χ1) is 11.4. The fourth-order valence-electron chi connectivity index (χ4n) is 2.56. The summed E-state index contributed by atoms with van der Waals surface area (Å²) in [5.41, 5.74) is 2.69. The minimum absolute atomic E-state index is 0.0161. The normalized spacial score (nSPS) is 11.2. The summed E-state index contributed by atoms with van der Waals surface area (Å²) in [4.78, 5) is 22.6. The molecule has 5 nitrogen and oxygen atoms in total. The minimum Gasteiger partial charge on any atom is -0.339 e. The smallest absolute Gasteiger partial charge is 0.256 e. The van der Waals surface area contributed by atoms with Gasteiger partial charge in [-0.15, -0.1) is 0 Å². The van der Waals surface area contributed by atoms with Crippen molar-refractivity contribution in [1.29, 1.82) is 0 Å². The number of amides is 1. The summed E-state index contributed by atoms with van der Waals surface area (Å²) in [6, 6.07) is 8.12. The van der Waals surface area contributed by atoms with Gasteiger partial charge >= 0.3 is 0 Å². The summed E-state index contributed by atoms with van der Waals surface area (Å²) < 4.78 is 0. The van der Waals surface area contributed by atoms with Crippen LogP contribution in [0.15, 0.2) is 36.7 Å². The maximum atomic E-state index is 12.3. The third-order valence-corrected chi connectivity index (χ3v) is 3.93. The fourth-order valence-corrected chi connectivity index (χ4v) is 2.56. The lowest BCUT2D eigenvalue weighted by Gasteiger charge is -2.23. The molecule has 0 spiro atoms. The van der Waals surface area contributed by atoms with Gasteiger partial charge in [0, 0.05) is 31.2 Å². The highest BCUT2D eigenvalue weighted by molar-refractivity contribution is 5.93. The molecule has 1 heterocycles. The van der Waals surface area contributed by atoms with E-state index >= 15 is 0 Å². The summed E-state index contributed by atoms with van der Waals surface area (Å²) in [6.07, 6.45) is 3.16. The van der Waals surface area contributed by atoms with Gasteiger partial charge in [-0.3, -0.25) is 4.79 Å². The average molecular weight is 326 g/mol. The number of rotatable bonds is 5. The Labute approximate surface area is 144 Å². The van der Waals surface area contributed by atoms with Crippen LogP contribution < -0.4 is 5.32 Å². The zero-order chi connectivity index (χ0) is 17.7. The van der Waals surface area contributed by atoms with Gasteiger partial charge in [0.2, 0.25) is 5.95 Å². The van der Waals surface area contributed by atoms with Gasteiger partial charge in [0.25, 0.3) is 5.91 Å². The topological polar surface area (TPSA) is 58.1 Å². The van der Waals surface area contributed by atoms with Crippen LogP contribution in [0.25, 0.3) is 0 Å². The Morgan fingerprint density at radius 2 is 1.67 bits per heavy atom. The quantitative estimate of drug-likeness (QED) is 0.902. The molecule has 0 radical (unpaired) electrons. The van der Waals surface area contributed by atoms with Gasteiger partial charge in [-0.1, -0.05) is 39.0 Å². The third-order valence-electron chi connectivity index (χ3n) is 3.93. The number of nitrogens with zero attached hydrogens (tertiary/aromatic N) is 3. The van der Waals surface area contributed by atoms with Crippen LogP contribution in [0.5, 0.6) is 0 Å². The van der Waals surface area contributed by atoms with Crippen molar-refractivity contribution in [2.45, 2.75) is 40.0 Å². The van der Waals surface area contributed by atoms with E-state index in [0.717, 1.165) is 5.69 Å². The predicted octanol–water partition coefficient (Wildman–Crippen LogP) is 4.00. The number of carbonyl (C=O) groups is 1. The first kappa shape index (κ1) is 17.9. The van der Waals surface area contributed by atoms with Crippen LogP contribution in [0, 0.1) is 0 Å². The van der Waals surface area contributed by atoms with Gasteiger partial charge in [0.1, 0.15) is 0 Å². The Balaban J connectivity index is 2.20. The fraction of sp³-hybridized carbons (Fsp3) is 0.421. The third kappa shape index (κ3) is 4.10. The number of hydrogen-bond acceptors (Lipinski definition) is 4. The maximum absolute atomic E-state index is 12.3. The second-order valence-corrected chi connectivity index (χ2v) is 6.69. The summed E-state index contributed by atoms with van der Waals surface area (Å²) in [6.45, 7) is 11.8. The van der Waals surface area contributed by atoms with Crippen LogP contribution in [0.1, 0.15) is 50.5 Å². The van der Waals surface area contributed by atoms with E-state index in [1.807, 2.05) is 32.0 Å². The molecular formula is C19H26N4O. The van der Waals surface area contributed by atoms with Gasteiger partial charge in [-0.2, -0.15) is 0 Å². The van der Waals surface area contributed by atoms with Crippen molar-refractivity contribution in [1.82, 2.24) is 14.9 Å². The summed E-state index contributed by atoms with van der Waals surface area (Å²) >= 11 is 0. The van der Waals surface area contributed by atoms with Crippen LogP contribution in [0.4, 0.5) is 11.6 Å². The van der Waals surface area contributed by atoms with Gasteiger partial charge in [-0.25, -0.2) is 9.97 Å². The Morgan fingerprint density at radius 3 is 2.21 bits per heavy atom. The van der Waals surface area contributed by atoms with Crippen LogP contribution >= 0.6 is 0 Å². The first-order valence-corrected chi connectivity index (χ1v) is 8.34. The maximum Gasteiger partial charge on any atom is 0.256 e. The molecule has 24 heavy (non-hydrogen) atoms. The Hall–Kier alpha value is -2.43. The Kier molecular flexibility index (Phi) is 5.54. The second kappa shape index (κ2) is 7.43. The second-order valence-electron chi connectivity index (χ2n) is 6.69. The first-order valence-electron chi connectivity index (χ1n) is 8.34. The molecule has 0 saturated carbocycles. The van der Waals surface area contributed by atoms with Crippen LogP contribution in [-0.4, -0.2) is 33.9 Å². The zero-order valence-electron chi connectivity index (χ0n) is 15.1. The number of nitrogens with one attached hydrogen (secondary N) is 1. The molecule has 5 heteroatoms. The van der Waals surface area contributed by atoms with Gasteiger partial charge in [-0.05, 0) is 30.9 Å². The van der Waals surface area contributed by atoms with Crippen molar-refractivity contribution in [2.24, 2.45) is 0 Å². The van der Waals surface area contributed by atoms with E-state index in [1.165, 1.54) is 5.56 Å². The van der Waals surface area contributed by atoms with Crippen molar-refractivity contribution in [2.75, 3.05) is 18.4 Å². The van der Waals surface area contributed by atoms with Crippen molar-refractivity contribution < 1.29 is 4.79 Å². The lowest BCUT2D eigenvalue weighted by molar-refractivity contribution is 0.0772. The van der Waals surface area contributed by atoms with Gasteiger partial charge in [0.15, 0.2) is 0 Å². The molecule has 1 amide bonds. The van der Waals surface area contributed by atoms with Crippen molar-refractivity contribution in [3.05, 3.63) is 47.8 Å². The highest BCUT2D eigenvalue weighted by atomic mass is 16.2. The molecule has 0 aliphatic rings. The molecule has 0 saturated heterocycles. The minimum atomic E-state index is -0.0401. The van der Waals surface area contributed by atoms with Gasteiger partial charge < -0.3 is 10.2 Å². The molecule has 1 aromatic heterocycles. The molecule has 1 aromatic carbocycles. The lowest BCUT2D eigenvalue weighted by Crippen LogP contribution is -2.30. The van der Waals surface area contributed by atoms with Crippen LogP contribution in [0.3, 0.4) is 0 Å². The number of anilines is 2. The molecule has 1 N–H and O–H groups in total. The number of hydrogen-bond donors (Lipinski definition) is 1. The van der Waals surface area contributed by atoms with E-state index in [1.54, 1.807) is 17.3 Å². The summed E-state index contributed by atoms with van der Waals surface area (Å²) in [5.74, 6) is 0.449. The number of aromatic nitrogens is 2. The molecule has 2 rings (SSSR count). The molecular weight excluding hydrogens is 300 g/mol. The van der Waals surface area contributed by atoms with E-state index in [4.69, 9.17) is 0 Å². The molecule has 0 fully saturated rings. The lowest BCUT2D eigenvalue weighted by atomic mass is 9.86.